The number of carbonyl (C=O) groups is 2. The van der Waals surface area contributed by atoms with Crippen molar-refractivity contribution in [1.82, 2.24) is 10.2 Å². The summed E-state index contributed by atoms with van der Waals surface area (Å²) in [7, 11) is 4.01. The van der Waals surface area contributed by atoms with Gasteiger partial charge in [0.2, 0.25) is 0 Å². The van der Waals surface area contributed by atoms with Gasteiger partial charge in [0.25, 0.3) is 5.91 Å². The molecular formula is C20H24N4O2. The van der Waals surface area contributed by atoms with Gasteiger partial charge in [0.15, 0.2) is 0 Å². The summed E-state index contributed by atoms with van der Waals surface area (Å²) >= 11 is 0. The second-order valence-electron chi connectivity index (χ2n) is 6.85. The van der Waals surface area contributed by atoms with Crippen molar-refractivity contribution in [1.29, 1.82) is 0 Å². The summed E-state index contributed by atoms with van der Waals surface area (Å²) in [6.07, 6.45) is 2.06. The number of hydrogen-bond acceptors (Lipinski definition) is 3. The molecule has 6 heteroatoms. The molecule has 0 radical (unpaired) electrons. The molecule has 3 N–H and O–H groups in total. The summed E-state index contributed by atoms with van der Waals surface area (Å²) in [5, 5.41) is 8.53. The van der Waals surface area contributed by atoms with Crippen molar-refractivity contribution < 1.29 is 9.59 Å². The predicted molar refractivity (Wildman–Crippen MR) is 103 cm³/mol. The molecule has 2 aromatic carbocycles. The molecule has 2 aromatic rings. The molecule has 1 aliphatic carbocycles. The van der Waals surface area contributed by atoms with Crippen molar-refractivity contribution in [3.63, 3.8) is 0 Å². The van der Waals surface area contributed by atoms with E-state index in [9.17, 15) is 9.59 Å². The van der Waals surface area contributed by atoms with Crippen LogP contribution < -0.4 is 16.0 Å². The zero-order valence-corrected chi connectivity index (χ0v) is 15.1. The first-order chi connectivity index (χ1) is 12.5. The lowest BCUT2D eigenvalue weighted by Gasteiger charge is -2.12. The minimum absolute atomic E-state index is 0.210. The van der Waals surface area contributed by atoms with Crippen LogP contribution in [0.3, 0.4) is 0 Å². The van der Waals surface area contributed by atoms with Crippen LogP contribution in [0, 0.1) is 0 Å². The van der Waals surface area contributed by atoms with Crippen molar-refractivity contribution >= 4 is 23.3 Å². The Morgan fingerprint density at radius 2 is 1.69 bits per heavy atom. The van der Waals surface area contributed by atoms with E-state index < -0.39 is 0 Å². The first kappa shape index (κ1) is 17.9. The van der Waals surface area contributed by atoms with E-state index in [0.717, 1.165) is 30.6 Å². The maximum absolute atomic E-state index is 12.5. The van der Waals surface area contributed by atoms with E-state index in [2.05, 4.69) is 20.9 Å². The molecule has 0 aliphatic heterocycles. The predicted octanol–water partition coefficient (Wildman–Crippen LogP) is 3.28. The Morgan fingerprint density at radius 1 is 1.00 bits per heavy atom. The van der Waals surface area contributed by atoms with Crippen LogP contribution in [0.5, 0.6) is 0 Å². The lowest BCUT2D eigenvalue weighted by molar-refractivity contribution is 0.102. The summed E-state index contributed by atoms with van der Waals surface area (Å²) in [6, 6.07) is 14.7. The lowest BCUT2D eigenvalue weighted by Crippen LogP contribution is -2.30. The highest BCUT2D eigenvalue weighted by atomic mass is 16.2. The maximum atomic E-state index is 12.5. The van der Waals surface area contributed by atoms with Crippen LogP contribution in [-0.2, 0) is 6.54 Å². The average Bonchev–Trinajstić information content (AvgIpc) is 3.38. The summed E-state index contributed by atoms with van der Waals surface area (Å²) in [6.45, 7) is 0.805. The molecule has 0 atom stereocenters. The zero-order valence-electron chi connectivity index (χ0n) is 15.1. The molecule has 0 spiro atoms. The summed E-state index contributed by atoms with van der Waals surface area (Å²) in [4.78, 5) is 26.4. The molecule has 0 bridgehead atoms. The first-order valence-electron chi connectivity index (χ1n) is 8.72. The van der Waals surface area contributed by atoms with Crippen LogP contribution in [0.25, 0.3) is 0 Å². The Morgan fingerprint density at radius 3 is 2.38 bits per heavy atom. The van der Waals surface area contributed by atoms with Crippen LogP contribution in [0.15, 0.2) is 48.5 Å². The highest BCUT2D eigenvalue weighted by molar-refractivity contribution is 6.05. The van der Waals surface area contributed by atoms with Gasteiger partial charge in [-0.3, -0.25) is 4.79 Å². The fourth-order valence-corrected chi connectivity index (χ4v) is 2.63. The number of amides is 3. The van der Waals surface area contributed by atoms with Crippen LogP contribution in [0.1, 0.15) is 28.8 Å². The second-order valence-corrected chi connectivity index (χ2v) is 6.85. The molecule has 3 rings (SSSR count). The van der Waals surface area contributed by atoms with Gasteiger partial charge in [0.05, 0.1) is 0 Å². The second kappa shape index (κ2) is 8.01. The third-order valence-corrected chi connectivity index (χ3v) is 3.98. The lowest BCUT2D eigenvalue weighted by atomic mass is 10.1. The van der Waals surface area contributed by atoms with Crippen molar-refractivity contribution in [2.24, 2.45) is 0 Å². The van der Waals surface area contributed by atoms with Gasteiger partial charge < -0.3 is 20.9 Å². The standard InChI is InChI=1S/C20H24N4O2/c1-24(2)13-14-5-3-7-17(11-14)21-19(25)15-6-4-8-18(12-15)23-20(26)22-16-9-10-16/h3-8,11-12,16H,9-10,13H2,1-2H3,(H,21,25)(H2,22,23,26). The highest BCUT2D eigenvalue weighted by Gasteiger charge is 2.23. The molecule has 3 amide bonds. The van der Waals surface area contributed by atoms with Crippen LogP contribution in [0.2, 0.25) is 0 Å². The van der Waals surface area contributed by atoms with Crippen molar-refractivity contribution in [3.8, 4) is 0 Å². The minimum atomic E-state index is -0.235. The third-order valence-electron chi connectivity index (χ3n) is 3.98. The van der Waals surface area contributed by atoms with Gasteiger partial charge in [-0.15, -0.1) is 0 Å². The first-order valence-corrected chi connectivity index (χ1v) is 8.72. The van der Waals surface area contributed by atoms with E-state index >= 15 is 0 Å². The molecule has 26 heavy (non-hydrogen) atoms. The quantitative estimate of drug-likeness (QED) is 0.747. The van der Waals surface area contributed by atoms with Gasteiger partial charge in [-0.25, -0.2) is 4.79 Å². The molecule has 0 unspecified atom stereocenters. The summed E-state index contributed by atoms with van der Waals surface area (Å²) in [5.41, 5.74) is 2.96. The van der Waals surface area contributed by atoms with E-state index in [1.807, 2.05) is 38.4 Å². The third kappa shape index (κ3) is 5.32. The number of benzene rings is 2. The number of hydrogen-bond donors (Lipinski definition) is 3. The molecular weight excluding hydrogens is 328 g/mol. The molecule has 6 nitrogen and oxygen atoms in total. The van der Waals surface area contributed by atoms with E-state index in [1.54, 1.807) is 24.3 Å². The Labute approximate surface area is 153 Å². The Bertz CT molecular complexity index is 800. The minimum Gasteiger partial charge on any atom is -0.335 e. The summed E-state index contributed by atoms with van der Waals surface area (Å²) in [5.74, 6) is -0.210. The molecule has 0 saturated heterocycles. The Hall–Kier alpha value is -2.86. The Balaban J connectivity index is 1.64. The molecule has 1 saturated carbocycles. The van der Waals surface area contributed by atoms with Gasteiger partial charge in [-0.05, 0) is 62.8 Å². The number of rotatable bonds is 6. The van der Waals surface area contributed by atoms with Gasteiger partial charge in [-0.1, -0.05) is 18.2 Å². The van der Waals surface area contributed by atoms with E-state index in [0.29, 0.717) is 11.3 Å². The normalized spacial score (nSPS) is 13.3. The SMILES string of the molecule is CN(C)Cc1cccc(NC(=O)c2cccc(NC(=O)NC3CC3)c2)c1. The zero-order chi connectivity index (χ0) is 18.5. The van der Waals surface area contributed by atoms with Crippen molar-refractivity contribution in [2.75, 3.05) is 24.7 Å². The molecule has 0 aromatic heterocycles. The van der Waals surface area contributed by atoms with Gasteiger partial charge in [-0.2, -0.15) is 0 Å². The van der Waals surface area contributed by atoms with Crippen molar-refractivity contribution in [3.05, 3.63) is 59.7 Å². The monoisotopic (exact) mass is 352 g/mol. The van der Waals surface area contributed by atoms with Gasteiger partial charge in [0.1, 0.15) is 0 Å². The van der Waals surface area contributed by atoms with E-state index in [1.165, 1.54) is 0 Å². The van der Waals surface area contributed by atoms with E-state index in [4.69, 9.17) is 0 Å². The molecule has 136 valence electrons. The number of anilines is 2. The molecule has 1 aliphatic rings. The highest BCUT2D eigenvalue weighted by Crippen LogP contribution is 2.19. The fraction of sp³-hybridized carbons (Fsp3) is 0.300. The largest absolute Gasteiger partial charge is 0.335 e. The number of carbonyl (C=O) groups excluding carboxylic acids is 2. The maximum Gasteiger partial charge on any atom is 0.319 e. The smallest absolute Gasteiger partial charge is 0.319 e. The molecule has 0 heterocycles. The average molecular weight is 352 g/mol. The number of nitrogens with one attached hydrogen (secondary N) is 3. The Kier molecular flexibility index (Phi) is 5.53. The van der Waals surface area contributed by atoms with Gasteiger partial charge >= 0.3 is 6.03 Å². The van der Waals surface area contributed by atoms with Gasteiger partial charge in [0, 0.05) is 29.5 Å². The fourth-order valence-electron chi connectivity index (χ4n) is 2.63. The summed E-state index contributed by atoms with van der Waals surface area (Å²) < 4.78 is 0. The van der Waals surface area contributed by atoms with Crippen LogP contribution >= 0.6 is 0 Å². The van der Waals surface area contributed by atoms with Crippen LogP contribution in [0.4, 0.5) is 16.2 Å². The molecule has 1 fully saturated rings. The number of urea groups is 1. The van der Waals surface area contributed by atoms with E-state index in [-0.39, 0.29) is 18.0 Å². The van der Waals surface area contributed by atoms with Crippen molar-refractivity contribution in [2.45, 2.75) is 25.4 Å². The van der Waals surface area contributed by atoms with Crippen LogP contribution in [-0.4, -0.2) is 37.0 Å². The topological polar surface area (TPSA) is 73.5 Å². The number of nitrogens with zero attached hydrogens (tertiary/aromatic N) is 1.